The first kappa shape index (κ1) is 23.1. The maximum atomic E-state index is 13.3. The molecule has 1 atom stereocenters. The third-order valence-electron chi connectivity index (χ3n) is 6.97. The number of nitrogens with one attached hydrogen (secondary N) is 1. The van der Waals surface area contributed by atoms with Crippen LogP contribution in [0.5, 0.6) is 0 Å². The van der Waals surface area contributed by atoms with Gasteiger partial charge in [0.25, 0.3) is 5.91 Å². The molecule has 4 rings (SSSR count). The number of ether oxygens (including phenoxy) is 1. The van der Waals surface area contributed by atoms with Crippen LogP contribution in [0.3, 0.4) is 0 Å². The summed E-state index contributed by atoms with van der Waals surface area (Å²) < 4.78 is 7.65. The lowest BCUT2D eigenvalue weighted by atomic mass is 9.90. The van der Waals surface area contributed by atoms with E-state index in [4.69, 9.17) is 9.84 Å². The lowest BCUT2D eigenvalue weighted by molar-refractivity contribution is -0.0104. The molecule has 0 spiro atoms. The predicted molar refractivity (Wildman–Crippen MR) is 126 cm³/mol. The minimum atomic E-state index is 0.0978. The van der Waals surface area contributed by atoms with Gasteiger partial charge in [-0.25, -0.2) is 0 Å². The molecule has 7 nitrogen and oxygen atoms in total. The number of fused-ring (bicyclic) bond motifs is 1. The molecule has 3 heterocycles. The number of rotatable bonds is 7. The van der Waals surface area contributed by atoms with E-state index >= 15 is 0 Å². The Kier molecular flexibility index (Phi) is 7.62. The first-order valence-corrected chi connectivity index (χ1v) is 13.2. The van der Waals surface area contributed by atoms with Crippen LogP contribution in [0.25, 0.3) is 0 Å². The van der Waals surface area contributed by atoms with Crippen LogP contribution in [0.2, 0.25) is 0 Å². The van der Waals surface area contributed by atoms with E-state index in [0.717, 1.165) is 89.7 Å². The van der Waals surface area contributed by atoms with Gasteiger partial charge in [-0.3, -0.25) is 14.4 Å². The SMILES string of the molecule is CCCn1nc(C(=O)N2CCSCC2)c2c1CCC(NCC(C)(C)N1CCOCC1)C2. The van der Waals surface area contributed by atoms with E-state index in [1.165, 1.54) is 11.3 Å². The number of aryl methyl sites for hydroxylation is 1. The fourth-order valence-electron chi connectivity index (χ4n) is 5.02. The number of nitrogens with zero attached hydrogens (tertiary/aromatic N) is 4. The molecule has 2 aliphatic heterocycles. The lowest BCUT2D eigenvalue weighted by Crippen LogP contribution is -2.56. The van der Waals surface area contributed by atoms with Crippen molar-refractivity contribution in [2.24, 2.45) is 0 Å². The van der Waals surface area contributed by atoms with Gasteiger partial charge in [-0.1, -0.05) is 6.92 Å². The Bertz CT molecular complexity index is 753. The number of aromatic nitrogens is 2. The molecule has 3 aliphatic rings. The van der Waals surface area contributed by atoms with Crippen LogP contribution >= 0.6 is 11.8 Å². The highest BCUT2D eigenvalue weighted by Crippen LogP contribution is 2.27. The number of amides is 1. The number of morpholine rings is 1. The molecule has 2 saturated heterocycles. The molecule has 0 bridgehead atoms. The summed E-state index contributed by atoms with van der Waals surface area (Å²) in [5.41, 5.74) is 3.31. The molecular weight excluding hydrogens is 410 g/mol. The maximum absolute atomic E-state index is 13.3. The average Bonchev–Trinajstić information content (AvgIpc) is 3.16. The molecule has 0 aromatic carbocycles. The molecular formula is C23H39N5O2S. The van der Waals surface area contributed by atoms with Gasteiger partial charge in [0.05, 0.1) is 13.2 Å². The van der Waals surface area contributed by atoms with Crippen molar-refractivity contribution in [2.45, 2.75) is 64.6 Å². The van der Waals surface area contributed by atoms with E-state index < -0.39 is 0 Å². The largest absolute Gasteiger partial charge is 0.379 e. The molecule has 1 aromatic heterocycles. The Morgan fingerprint density at radius 3 is 2.68 bits per heavy atom. The summed E-state index contributed by atoms with van der Waals surface area (Å²) in [6.45, 7) is 14.0. The average molecular weight is 450 g/mol. The van der Waals surface area contributed by atoms with Gasteiger partial charge in [0.2, 0.25) is 0 Å². The Hall–Kier alpha value is -1.09. The van der Waals surface area contributed by atoms with E-state index in [1.807, 2.05) is 16.7 Å². The summed E-state index contributed by atoms with van der Waals surface area (Å²) >= 11 is 1.93. The van der Waals surface area contributed by atoms with Crippen LogP contribution in [0.1, 0.15) is 55.4 Å². The van der Waals surface area contributed by atoms with Gasteiger partial charge >= 0.3 is 0 Å². The summed E-state index contributed by atoms with van der Waals surface area (Å²) in [5.74, 6) is 2.20. The maximum Gasteiger partial charge on any atom is 0.274 e. The highest BCUT2D eigenvalue weighted by molar-refractivity contribution is 7.99. The predicted octanol–water partition coefficient (Wildman–Crippen LogP) is 2.04. The van der Waals surface area contributed by atoms with Crippen molar-refractivity contribution in [3.8, 4) is 0 Å². The highest BCUT2D eigenvalue weighted by Gasteiger charge is 2.33. The summed E-state index contributed by atoms with van der Waals surface area (Å²) in [7, 11) is 0. The van der Waals surface area contributed by atoms with E-state index in [0.29, 0.717) is 11.7 Å². The molecule has 1 N–H and O–H groups in total. The molecule has 1 aliphatic carbocycles. The summed E-state index contributed by atoms with van der Waals surface area (Å²) in [6, 6.07) is 0.399. The second kappa shape index (κ2) is 10.2. The summed E-state index contributed by atoms with van der Waals surface area (Å²) in [6.07, 6.45) is 4.05. The number of hydrogen-bond acceptors (Lipinski definition) is 6. The molecule has 1 unspecified atom stereocenters. The number of thioether (sulfide) groups is 1. The number of carbonyl (C=O) groups is 1. The third kappa shape index (κ3) is 5.29. The fraction of sp³-hybridized carbons (Fsp3) is 0.826. The van der Waals surface area contributed by atoms with Crippen LogP contribution in [-0.2, 0) is 24.1 Å². The van der Waals surface area contributed by atoms with Crippen LogP contribution < -0.4 is 5.32 Å². The van der Waals surface area contributed by atoms with Crippen molar-refractivity contribution in [1.29, 1.82) is 0 Å². The third-order valence-corrected chi connectivity index (χ3v) is 7.92. The molecule has 8 heteroatoms. The van der Waals surface area contributed by atoms with Gasteiger partial charge in [0.1, 0.15) is 0 Å². The molecule has 0 radical (unpaired) electrons. The fourth-order valence-corrected chi connectivity index (χ4v) is 5.92. The van der Waals surface area contributed by atoms with Crippen molar-refractivity contribution in [2.75, 3.05) is 57.4 Å². The topological polar surface area (TPSA) is 62.6 Å². The molecule has 0 saturated carbocycles. The summed E-state index contributed by atoms with van der Waals surface area (Å²) in [4.78, 5) is 17.9. The molecule has 1 amide bonds. The van der Waals surface area contributed by atoms with Crippen molar-refractivity contribution in [1.82, 2.24) is 24.9 Å². The standard InChI is InChI=1S/C23H39N5O2S/c1-4-7-28-20-6-5-18(24-17-23(2,3)27-8-12-30-13-9-27)16-19(20)21(25-28)22(29)26-10-14-31-15-11-26/h18,24H,4-17H2,1-3H3. The zero-order chi connectivity index (χ0) is 21.8. The van der Waals surface area contributed by atoms with Gasteiger partial charge in [0.15, 0.2) is 5.69 Å². The smallest absolute Gasteiger partial charge is 0.274 e. The molecule has 1 aromatic rings. The Morgan fingerprint density at radius 1 is 1.23 bits per heavy atom. The Balaban J connectivity index is 1.46. The van der Waals surface area contributed by atoms with Crippen LogP contribution in [0.4, 0.5) is 0 Å². The normalized spacial score (nSPS) is 23.1. The Labute approximate surface area is 191 Å². The quantitative estimate of drug-likeness (QED) is 0.687. The second-order valence-electron chi connectivity index (χ2n) is 9.63. The van der Waals surface area contributed by atoms with E-state index in [2.05, 4.69) is 35.7 Å². The van der Waals surface area contributed by atoms with E-state index in [9.17, 15) is 4.79 Å². The first-order valence-electron chi connectivity index (χ1n) is 12.0. The molecule has 174 valence electrons. The van der Waals surface area contributed by atoms with E-state index in [1.54, 1.807) is 0 Å². The highest BCUT2D eigenvalue weighted by atomic mass is 32.2. The van der Waals surface area contributed by atoms with Gasteiger partial charge in [-0.2, -0.15) is 16.9 Å². The van der Waals surface area contributed by atoms with Crippen LogP contribution in [0, 0.1) is 0 Å². The van der Waals surface area contributed by atoms with Gasteiger partial charge < -0.3 is 15.0 Å². The van der Waals surface area contributed by atoms with Gasteiger partial charge in [-0.15, -0.1) is 0 Å². The Morgan fingerprint density at radius 2 is 1.97 bits per heavy atom. The number of carbonyl (C=O) groups excluding carboxylic acids is 1. The van der Waals surface area contributed by atoms with Crippen LogP contribution in [-0.4, -0.2) is 94.5 Å². The van der Waals surface area contributed by atoms with Crippen molar-refractivity contribution in [3.05, 3.63) is 17.0 Å². The lowest BCUT2D eigenvalue weighted by Gasteiger charge is -2.42. The monoisotopic (exact) mass is 449 g/mol. The first-order chi connectivity index (χ1) is 15.0. The summed E-state index contributed by atoms with van der Waals surface area (Å²) in [5, 5.41) is 8.68. The van der Waals surface area contributed by atoms with Gasteiger partial charge in [0, 0.05) is 73.6 Å². The van der Waals surface area contributed by atoms with Crippen molar-refractivity contribution >= 4 is 17.7 Å². The van der Waals surface area contributed by atoms with E-state index in [-0.39, 0.29) is 11.4 Å². The van der Waals surface area contributed by atoms with Crippen LogP contribution in [0.15, 0.2) is 0 Å². The zero-order valence-corrected chi connectivity index (χ0v) is 20.3. The molecule has 31 heavy (non-hydrogen) atoms. The molecule has 2 fully saturated rings. The minimum absolute atomic E-state index is 0.0978. The minimum Gasteiger partial charge on any atom is -0.379 e. The van der Waals surface area contributed by atoms with Gasteiger partial charge in [-0.05, 0) is 39.5 Å². The van der Waals surface area contributed by atoms with Crippen molar-refractivity contribution in [3.63, 3.8) is 0 Å². The second-order valence-corrected chi connectivity index (χ2v) is 10.9. The zero-order valence-electron chi connectivity index (χ0n) is 19.5. The number of hydrogen-bond donors (Lipinski definition) is 1. The van der Waals surface area contributed by atoms with Crippen molar-refractivity contribution < 1.29 is 9.53 Å².